The lowest BCUT2D eigenvalue weighted by atomic mass is 9.96. The number of Topliss-reactive ketones (excluding diaryl/α,β-unsaturated/α-hetero) is 1. The van der Waals surface area contributed by atoms with Crippen molar-refractivity contribution in [2.24, 2.45) is 0 Å². The molecule has 0 radical (unpaired) electrons. The van der Waals surface area contributed by atoms with Gasteiger partial charge in [0, 0.05) is 28.2 Å². The number of nitrogens with one attached hydrogen (secondary N) is 1. The molecule has 1 aliphatic carbocycles. The van der Waals surface area contributed by atoms with Crippen molar-refractivity contribution >= 4 is 16.7 Å². The number of hydrogen-bond acceptors (Lipinski definition) is 1. The maximum absolute atomic E-state index is 13.4. The predicted molar refractivity (Wildman–Crippen MR) is 96.0 cm³/mol. The Hall–Kier alpha value is -2.39. The van der Waals surface area contributed by atoms with Crippen molar-refractivity contribution in [1.29, 1.82) is 0 Å². The van der Waals surface area contributed by atoms with Gasteiger partial charge in [0.05, 0.1) is 6.04 Å². The van der Waals surface area contributed by atoms with E-state index >= 15 is 0 Å². The molecule has 0 amide bonds. The molecule has 3 aromatic rings. The molecule has 0 unspecified atom stereocenters. The van der Waals surface area contributed by atoms with Crippen molar-refractivity contribution in [1.82, 2.24) is 4.98 Å². The van der Waals surface area contributed by atoms with Crippen molar-refractivity contribution in [2.45, 2.75) is 37.8 Å². The molecular formula is C21H23N2O+. The lowest BCUT2D eigenvalue weighted by molar-refractivity contribution is -0.713. The first kappa shape index (κ1) is 15.2. The normalized spacial score (nSPS) is 16.5. The molecule has 1 saturated carbocycles. The number of hydrogen-bond donors (Lipinski definition) is 2. The first-order valence-corrected chi connectivity index (χ1v) is 8.83. The number of para-hydroxylation sites is 1. The summed E-state index contributed by atoms with van der Waals surface area (Å²) < 4.78 is 0. The number of nitrogens with two attached hydrogens (primary N) is 1. The Bertz CT molecular complexity index is 831. The van der Waals surface area contributed by atoms with E-state index in [9.17, 15) is 4.79 Å². The van der Waals surface area contributed by atoms with E-state index in [1.807, 2.05) is 48.7 Å². The smallest absolute Gasteiger partial charge is 0.226 e. The zero-order chi connectivity index (χ0) is 16.4. The topological polar surface area (TPSA) is 49.5 Å². The molecule has 1 heterocycles. The minimum atomic E-state index is -0.159. The SMILES string of the molecule is O=C(c1c[nH]c2ccccc12)[C@@H]([NH2+]C1CCCC1)c1ccccc1. The molecule has 3 heteroatoms. The molecule has 0 spiro atoms. The summed E-state index contributed by atoms with van der Waals surface area (Å²) in [6.07, 6.45) is 6.86. The van der Waals surface area contributed by atoms with Crippen molar-refractivity contribution in [2.75, 3.05) is 0 Å². The van der Waals surface area contributed by atoms with E-state index in [1.54, 1.807) is 0 Å². The number of fused-ring (bicyclic) bond motifs is 1. The summed E-state index contributed by atoms with van der Waals surface area (Å²) in [5, 5.41) is 3.31. The fraction of sp³-hybridized carbons (Fsp3) is 0.286. The van der Waals surface area contributed by atoms with E-state index in [4.69, 9.17) is 0 Å². The van der Waals surface area contributed by atoms with Gasteiger partial charge in [-0.15, -0.1) is 0 Å². The number of carbonyl (C=O) groups is 1. The summed E-state index contributed by atoms with van der Waals surface area (Å²) in [6, 6.07) is 18.6. The third-order valence-electron chi connectivity index (χ3n) is 5.16. The maximum atomic E-state index is 13.4. The number of H-pyrrole nitrogens is 1. The standard InChI is InChI=1S/C21H22N2O/c24-21(18-14-22-19-13-7-6-12-17(18)19)20(15-8-2-1-3-9-15)23-16-10-4-5-11-16/h1-3,6-9,12-14,16,20,22-23H,4-5,10-11H2/p+1/t20-/m0/s1. The van der Waals surface area contributed by atoms with Gasteiger partial charge in [0.1, 0.15) is 0 Å². The molecule has 2 aromatic carbocycles. The third kappa shape index (κ3) is 2.87. The van der Waals surface area contributed by atoms with Gasteiger partial charge in [0.2, 0.25) is 5.78 Å². The molecule has 1 fully saturated rings. The molecule has 0 aliphatic heterocycles. The van der Waals surface area contributed by atoms with Crippen LogP contribution in [0.1, 0.15) is 47.6 Å². The molecule has 0 bridgehead atoms. The highest BCUT2D eigenvalue weighted by molar-refractivity contribution is 6.09. The van der Waals surface area contributed by atoms with Crippen LogP contribution in [0.15, 0.2) is 60.8 Å². The summed E-state index contributed by atoms with van der Waals surface area (Å²) in [6.45, 7) is 0. The van der Waals surface area contributed by atoms with Crippen molar-refractivity contribution in [3.05, 3.63) is 71.9 Å². The molecule has 24 heavy (non-hydrogen) atoms. The molecule has 122 valence electrons. The minimum absolute atomic E-state index is 0.159. The second kappa shape index (κ2) is 6.62. The van der Waals surface area contributed by atoms with E-state index in [-0.39, 0.29) is 11.8 Å². The van der Waals surface area contributed by atoms with E-state index in [2.05, 4.69) is 22.4 Å². The molecule has 1 aliphatic rings. The van der Waals surface area contributed by atoms with Crippen LogP contribution in [0, 0.1) is 0 Å². The molecule has 3 nitrogen and oxygen atoms in total. The Kier molecular flexibility index (Phi) is 4.18. The van der Waals surface area contributed by atoms with Crippen LogP contribution in [0.2, 0.25) is 0 Å². The lowest BCUT2D eigenvalue weighted by Crippen LogP contribution is -2.91. The van der Waals surface area contributed by atoms with E-state index < -0.39 is 0 Å². The van der Waals surface area contributed by atoms with Crippen LogP contribution in [-0.4, -0.2) is 16.8 Å². The molecule has 4 rings (SSSR count). The molecular weight excluding hydrogens is 296 g/mol. The van der Waals surface area contributed by atoms with Gasteiger partial charge in [-0.1, -0.05) is 48.5 Å². The van der Waals surface area contributed by atoms with Crippen molar-refractivity contribution in [3.63, 3.8) is 0 Å². The van der Waals surface area contributed by atoms with Crippen LogP contribution in [-0.2, 0) is 0 Å². The lowest BCUT2D eigenvalue weighted by Gasteiger charge is -2.19. The molecule has 1 atom stereocenters. The molecule has 1 aromatic heterocycles. The van der Waals surface area contributed by atoms with Crippen LogP contribution in [0.5, 0.6) is 0 Å². The third-order valence-corrected chi connectivity index (χ3v) is 5.16. The number of rotatable bonds is 5. The van der Waals surface area contributed by atoms with Crippen LogP contribution in [0.4, 0.5) is 0 Å². The number of carbonyl (C=O) groups excluding carboxylic acids is 1. The number of benzene rings is 2. The summed E-state index contributed by atoms with van der Waals surface area (Å²) >= 11 is 0. The monoisotopic (exact) mass is 319 g/mol. The number of ketones is 1. The maximum Gasteiger partial charge on any atom is 0.226 e. The van der Waals surface area contributed by atoms with Gasteiger partial charge in [-0.2, -0.15) is 0 Å². The number of aromatic nitrogens is 1. The Morgan fingerprint density at radius 3 is 2.50 bits per heavy atom. The van der Waals surface area contributed by atoms with Crippen molar-refractivity contribution in [3.8, 4) is 0 Å². The van der Waals surface area contributed by atoms with E-state index in [1.165, 1.54) is 25.7 Å². The Morgan fingerprint density at radius 1 is 1.00 bits per heavy atom. The zero-order valence-corrected chi connectivity index (χ0v) is 13.7. The average Bonchev–Trinajstić information content (AvgIpc) is 3.29. The number of aromatic amines is 1. The summed E-state index contributed by atoms with van der Waals surface area (Å²) in [5.74, 6) is 0.200. The van der Waals surface area contributed by atoms with Gasteiger partial charge in [0.15, 0.2) is 6.04 Å². The highest BCUT2D eigenvalue weighted by Gasteiger charge is 2.31. The molecule has 3 N–H and O–H groups in total. The first-order chi connectivity index (χ1) is 11.8. The van der Waals surface area contributed by atoms with E-state index in [0.29, 0.717) is 6.04 Å². The van der Waals surface area contributed by atoms with Crippen molar-refractivity contribution < 1.29 is 10.1 Å². The van der Waals surface area contributed by atoms with Gasteiger partial charge in [-0.25, -0.2) is 0 Å². The van der Waals surface area contributed by atoms with Gasteiger partial charge in [0.25, 0.3) is 0 Å². The van der Waals surface area contributed by atoms with Crippen LogP contribution >= 0.6 is 0 Å². The van der Waals surface area contributed by atoms with Crippen LogP contribution < -0.4 is 5.32 Å². The van der Waals surface area contributed by atoms with Gasteiger partial charge in [-0.3, -0.25) is 4.79 Å². The highest BCUT2D eigenvalue weighted by atomic mass is 16.1. The second-order valence-electron chi connectivity index (χ2n) is 6.74. The predicted octanol–water partition coefficient (Wildman–Crippen LogP) is 3.60. The summed E-state index contributed by atoms with van der Waals surface area (Å²) in [7, 11) is 0. The summed E-state index contributed by atoms with van der Waals surface area (Å²) in [4.78, 5) is 16.6. The highest BCUT2D eigenvalue weighted by Crippen LogP contribution is 2.24. The quantitative estimate of drug-likeness (QED) is 0.694. The zero-order valence-electron chi connectivity index (χ0n) is 13.7. The average molecular weight is 319 g/mol. The summed E-state index contributed by atoms with van der Waals surface area (Å²) in [5.41, 5.74) is 2.92. The fourth-order valence-corrected chi connectivity index (χ4v) is 3.88. The van der Waals surface area contributed by atoms with Gasteiger partial charge < -0.3 is 10.3 Å². The minimum Gasteiger partial charge on any atom is -0.360 e. The van der Waals surface area contributed by atoms with Crippen LogP contribution in [0.25, 0.3) is 10.9 Å². The van der Waals surface area contributed by atoms with Gasteiger partial charge >= 0.3 is 0 Å². The first-order valence-electron chi connectivity index (χ1n) is 8.83. The second-order valence-corrected chi connectivity index (χ2v) is 6.74. The Balaban J connectivity index is 1.70. The number of quaternary nitrogens is 1. The molecule has 0 saturated heterocycles. The van der Waals surface area contributed by atoms with E-state index in [0.717, 1.165) is 22.0 Å². The Morgan fingerprint density at radius 2 is 1.71 bits per heavy atom. The largest absolute Gasteiger partial charge is 0.360 e. The van der Waals surface area contributed by atoms with Gasteiger partial charge in [-0.05, 0) is 31.7 Å². The fourth-order valence-electron chi connectivity index (χ4n) is 3.88. The Labute approximate surface area is 142 Å². The van der Waals surface area contributed by atoms with Crippen LogP contribution in [0.3, 0.4) is 0 Å².